The van der Waals surface area contributed by atoms with Gasteiger partial charge in [0.05, 0.1) is 5.56 Å². The highest BCUT2D eigenvalue weighted by Gasteiger charge is 2.32. The summed E-state index contributed by atoms with van der Waals surface area (Å²) in [5, 5.41) is 9.14. The molecule has 2 rings (SSSR count). The average molecular weight is 248 g/mol. The number of piperidine rings is 1. The van der Waals surface area contributed by atoms with Gasteiger partial charge in [-0.05, 0) is 38.3 Å². The lowest BCUT2D eigenvalue weighted by atomic mass is 10.0. The number of carboxylic acids is 1. The Morgan fingerprint density at radius 2 is 2.17 bits per heavy atom. The predicted octanol–water partition coefficient (Wildman–Crippen LogP) is 1.47. The van der Waals surface area contributed by atoms with Gasteiger partial charge < -0.3 is 10.0 Å². The number of likely N-dealkylation sites (tertiary alicyclic amines) is 1. The number of carboxylic acid groups (broad SMARTS) is 1. The van der Waals surface area contributed by atoms with Crippen molar-refractivity contribution in [1.29, 1.82) is 0 Å². The maximum absolute atomic E-state index is 12.2. The van der Waals surface area contributed by atoms with Crippen LogP contribution in [0.4, 0.5) is 0 Å². The molecule has 2 heterocycles. The molecule has 18 heavy (non-hydrogen) atoms. The lowest BCUT2D eigenvalue weighted by molar-refractivity contribution is -0.143. The highest BCUT2D eigenvalue weighted by atomic mass is 16.4. The summed E-state index contributed by atoms with van der Waals surface area (Å²) in [6.07, 6.45) is 3.74. The van der Waals surface area contributed by atoms with Crippen LogP contribution in [0.1, 0.15) is 35.3 Å². The SMILES string of the molecule is Cc1ccc(C(=O)N2CCCCC2C(=O)O)cn1. The number of aliphatic carboxylic acids is 1. The summed E-state index contributed by atoms with van der Waals surface area (Å²) < 4.78 is 0. The van der Waals surface area contributed by atoms with Crippen LogP contribution in [0.25, 0.3) is 0 Å². The number of carbonyl (C=O) groups is 2. The third kappa shape index (κ3) is 2.50. The Bertz CT molecular complexity index is 456. The van der Waals surface area contributed by atoms with E-state index < -0.39 is 12.0 Å². The van der Waals surface area contributed by atoms with Crippen molar-refractivity contribution in [2.24, 2.45) is 0 Å². The number of pyridine rings is 1. The summed E-state index contributed by atoms with van der Waals surface area (Å²) in [5.74, 6) is -1.17. The zero-order valence-electron chi connectivity index (χ0n) is 10.3. The highest BCUT2D eigenvalue weighted by molar-refractivity contribution is 5.96. The molecule has 0 radical (unpaired) electrons. The second-order valence-electron chi connectivity index (χ2n) is 4.54. The molecular weight excluding hydrogens is 232 g/mol. The van der Waals surface area contributed by atoms with E-state index in [-0.39, 0.29) is 5.91 Å². The van der Waals surface area contributed by atoms with Crippen LogP contribution in [0, 0.1) is 6.92 Å². The fraction of sp³-hybridized carbons (Fsp3) is 0.462. The van der Waals surface area contributed by atoms with Crippen molar-refractivity contribution in [3.8, 4) is 0 Å². The van der Waals surface area contributed by atoms with E-state index in [0.717, 1.165) is 18.5 Å². The van der Waals surface area contributed by atoms with Crippen LogP contribution < -0.4 is 0 Å². The third-order valence-electron chi connectivity index (χ3n) is 3.21. The topological polar surface area (TPSA) is 70.5 Å². The molecule has 0 aliphatic carbocycles. The van der Waals surface area contributed by atoms with E-state index in [9.17, 15) is 9.59 Å². The van der Waals surface area contributed by atoms with E-state index in [1.807, 2.05) is 6.92 Å². The van der Waals surface area contributed by atoms with Gasteiger partial charge in [-0.3, -0.25) is 9.78 Å². The van der Waals surface area contributed by atoms with Crippen LogP contribution >= 0.6 is 0 Å². The minimum atomic E-state index is -0.928. The van der Waals surface area contributed by atoms with Crippen molar-refractivity contribution in [2.45, 2.75) is 32.2 Å². The van der Waals surface area contributed by atoms with Crippen molar-refractivity contribution in [3.05, 3.63) is 29.6 Å². The standard InChI is InChI=1S/C13H16N2O3/c1-9-5-6-10(8-14-9)12(16)15-7-3-2-4-11(15)13(17)18/h5-6,8,11H,2-4,7H2,1H3,(H,17,18). The lowest BCUT2D eigenvalue weighted by Gasteiger charge is -2.32. The molecule has 1 aliphatic rings. The third-order valence-corrected chi connectivity index (χ3v) is 3.21. The Labute approximate surface area is 105 Å². The number of hydrogen-bond acceptors (Lipinski definition) is 3. The second-order valence-corrected chi connectivity index (χ2v) is 4.54. The van der Waals surface area contributed by atoms with Crippen molar-refractivity contribution < 1.29 is 14.7 Å². The molecule has 96 valence electrons. The maximum Gasteiger partial charge on any atom is 0.326 e. The summed E-state index contributed by atoms with van der Waals surface area (Å²) in [7, 11) is 0. The fourth-order valence-electron chi connectivity index (χ4n) is 2.19. The number of aromatic nitrogens is 1. The van der Waals surface area contributed by atoms with E-state index in [1.165, 1.54) is 11.1 Å². The molecule has 1 fully saturated rings. The quantitative estimate of drug-likeness (QED) is 0.860. The van der Waals surface area contributed by atoms with Crippen LogP contribution in [0.5, 0.6) is 0 Å². The van der Waals surface area contributed by atoms with Crippen LogP contribution in [0.15, 0.2) is 18.3 Å². The van der Waals surface area contributed by atoms with Crippen molar-refractivity contribution in [3.63, 3.8) is 0 Å². The summed E-state index contributed by atoms with van der Waals surface area (Å²) in [6.45, 7) is 2.35. The highest BCUT2D eigenvalue weighted by Crippen LogP contribution is 2.19. The van der Waals surface area contributed by atoms with Gasteiger partial charge in [-0.2, -0.15) is 0 Å². The summed E-state index contributed by atoms with van der Waals surface area (Å²) in [4.78, 5) is 28.9. The number of nitrogens with zero attached hydrogens (tertiary/aromatic N) is 2. The summed E-state index contributed by atoms with van der Waals surface area (Å²) in [6, 6.07) is 2.75. The van der Waals surface area contributed by atoms with Gasteiger partial charge in [0.2, 0.25) is 0 Å². The van der Waals surface area contributed by atoms with Crippen LogP contribution in [-0.2, 0) is 4.79 Å². The zero-order chi connectivity index (χ0) is 13.1. The largest absolute Gasteiger partial charge is 0.480 e. The molecule has 0 saturated carbocycles. The summed E-state index contributed by atoms with van der Waals surface area (Å²) in [5.41, 5.74) is 1.29. The first-order valence-corrected chi connectivity index (χ1v) is 6.06. The summed E-state index contributed by atoms with van der Waals surface area (Å²) >= 11 is 0. The minimum absolute atomic E-state index is 0.241. The van der Waals surface area contributed by atoms with E-state index in [4.69, 9.17) is 5.11 Å². The molecule has 1 aromatic rings. The zero-order valence-corrected chi connectivity index (χ0v) is 10.3. The lowest BCUT2D eigenvalue weighted by Crippen LogP contribution is -2.48. The molecule has 0 spiro atoms. The Morgan fingerprint density at radius 1 is 1.39 bits per heavy atom. The Morgan fingerprint density at radius 3 is 2.78 bits per heavy atom. The van der Waals surface area contributed by atoms with E-state index in [2.05, 4.69) is 4.98 Å². The fourth-order valence-corrected chi connectivity index (χ4v) is 2.19. The minimum Gasteiger partial charge on any atom is -0.480 e. The molecule has 1 aliphatic heterocycles. The Balaban J connectivity index is 2.20. The molecular formula is C13H16N2O3. The predicted molar refractivity (Wildman–Crippen MR) is 65.3 cm³/mol. The molecule has 0 aromatic carbocycles. The molecule has 1 saturated heterocycles. The van der Waals surface area contributed by atoms with E-state index in [1.54, 1.807) is 12.1 Å². The van der Waals surface area contributed by atoms with Gasteiger partial charge >= 0.3 is 5.97 Å². The monoisotopic (exact) mass is 248 g/mol. The Kier molecular flexibility index (Phi) is 3.60. The van der Waals surface area contributed by atoms with Gasteiger partial charge in [0.15, 0.2) is 0 Å². The van der Waals surface area contributed by atoms with E-state index in [0.29, 0.717) is 18.5 Å². The van der Waals surface area contributed by atoms with Gasteiger partial charge in [0.1, 0.15) is 6.04 Å². The van der Waals surface area contributed by atoms with Crippen LogP contribution in [-0.4, -0.2) is 39.5 Å². The first-order valence-electron chi connectivity index (χ1n) is 6.06. The molecule has 0 bridgehead atoms. The van der Waals surface area contributed by atoms with Gasteiger partial charge in [-0.25, -0.2) is 4.79 Å². The number of hydrogen-bond donors (Lipinski definition) is 1. The van der Waals surface area contributed by atoms with Crippen LogP contribution in [0.2, 0.25) is 0 Å². The Hall–Kier alpha value is -1.91. The average Bonchev–Trinajstić information content (AvgIpc) is 2.39. The molecule has 1 aromatic heterocycles. The van der Waals surface area contributed by atoms with Crippen molar-refractivity contribution >= 4 is 11.9 Å². The molecule has 1 atom stereocenters. The van der Waals surface area contributed by atoms with E-state index >= 15 is 0 Å². The van der Waals surface area contributed by atoms with Gasteiger partial charge in [-0.1, -0.05) is 0 Å². The maximum atomic E-state index is 12.2. The van der Waals surface area contributed by atoms with Crippen molar-refractivity contribution in [1.82, 2.24) is 9.88 Å². The molecule has 1 unspecified atom stereocenters. The molecule has 5 nitrogen and oxygen atoms in total. The van der Waals surface area contributed by atoms with Crippen molar-refractivity contribution in [2.75, 3.05) is 6.54 Å². The normalized spacial score (nSPS) is 19.6. The molecule has 1 amide bonds. The first-order chi connectivity index (χ1) is 8.59. The molecule has 1 N–H and O–H groups in total. The van der Waals surface area contributed by atoms with Crippen LogP contribution in [0.3, 0.4) is 0 Å². The number of aryl methyl sites for hydroxylation is 1. The molecule has 5 heteroatoms. The van der Waals surface area contributed by atoms with Gasteiger partial charge in [-0.15, -0.1) is 0 Å². The number of rotatable bonds is 2. The number of carbonyl (C=O) groups excluding carboxylic acids is 1. The number of amides is 1. The second kappa shape index (κ2) is 5.16. The smallest absolute Gasteiger partial charge is 0.326 e. The van der Waals surface area contributed by atoms with Gasteiger partial charge in [0.25, 0.3) is 5.91 Å². The van der Waals surface area contributed by atoms with Gasteiger partial charge in [0, 0.05) is 18.4 Å². The first kappa shape index (κ1) is 12.5.